The number of urea groups is 1. The molecule has 0 bridgehead atoms. The van der Waals surface area contributed by atoms with Gasteiger partial charge in [-0.05, 0) is 62.2 Å². The molecule has 5 N–H and O–H groups in total. The van der Waals surface area contributed by atoms with Crippen molar-refractivity contribution in [2.75, 3.05) is 5.32 Å². The van der Waals surface area contributed by atoms with Crippen molar-refractivity contribution in [3.05, 3.63) is 59.7 Å². The average Bonchev–Trinajstić information content (AvgIpc) is 2.74. The molecule has 0 saturated heterocycles. The number of halogens is 3. The number of hydrogen-bond donors (Lipinski definition) is 4. The summed E-state index contributed by atoms with van der Waals surface area (Å²) in [4.78, 5) is 47.0. The summed E-state index contributed by atoms with van der Waals surface area (Å²) in [5.41, 5.74) is 6.99. The van der Waals surface area contributed by atoms with E-state index in [1.54, 1.807) is 0 Å². The van der Waals surface area contributed by atoms with Crippen molar-refractivity contribution in [1.29, 1.82) is 0 Å². The van der Waals surface area contributed by atoms with Gasteiger partial charge >= 0.3 is 18.2 Å². The number of hydrogen-bond acceptors (Lipinski definition) is 6. The van der Waals surface area contributed by atoms with Crippen LogP contribution < -0.4 is 26.4 Å². The average molecular weight is 480 g/mol. The molecule has 9 nitrogen and oxygen atoms in total. The molecule has 0 heterocycles. The maximum absolute atomic E-state index is 12.2. The van der Waals surface area contributed by atoms with Crippen LogP contribution in [0.2, 0.25) is 0 Å². The Morgan fingerprint density at radius 1 is 0.971 bits per heavy atom. The number of carbonyl (C=O) groups is 4. The van der Waals surface area contributed by atoms with Gasteiger partial charge in [-0.2, -0.15) is 13.2 Å². The van der Waals surface area contributed by atoms with Crippen molar-refractivity contribution in [2.45, 2.75) is 38.5 Å². The number of esters is 1. The second-order valence-electron chi connectivity index (χ2n) is 7.49. The Hall–Kier alpha value is -3.93. The Labute approximate surface area is 192 Å². The summed E-state index contributed by atoms with van der Waals surface area (Å²) in [7, 11) is 0. The number of amides is 4. The summed E-state index contributed by atoms with van der Waals surface area (Å²) in [6.07, 6.45) is -5.16. The number of rotatable bonds is 7. The van der Waals surface area contributed by atoms with E-state index in [4.69, 9.17) is 5.73 Å². The maximum atomic E-state index is 12.2. The van der Waals surface area contributed by atoms with E-state index in [0.29, 0.717) is 16.8 Å². The number of nitrogens with two attached hydrogens (primary N) is 1. The van der Waals surface area contributed by atoms with Gasteiger partial charge in [0.1, 0.15) is 5.75 Å². The van der Waals surface area contributed by atoms with Gasteiger partial charge in [-0.1, -0.05) is 12.1 Å². The van der Waals surface area contributed by atoms with Gasteiger partial charge < -0.3 is 21.1 Å². The SMILES string of the molecule is CC(C)NC(=O)c1ccc(NC(=O)NC(=O)[C@@H](N)Cc2ccc(OC(=O)C(F)(F)F)cc2)cc1. The van der Waals surface area contributed by atoms with E-state index in [1.807, 2.05) is 13.8 Å². The molecule has 2 aromatic rings. The lowest BCUT2D eigenvalue weighted by Crippen LogP contribution is -2.46. The first-order chi connectivity index (χ1) is 15.8. The molecule has 0 aliphatic heterocycles. The summed E-state index contributed by atoms with van der Waals surface area (Å²) >= 11 is 0. The van der Waals surface area contributed by atoms with Gasteiger partial charge in [-0.25, -0.2) is 9.59 Å². The summed E-state index contributed by atoms with van der Waals surface area (Å²) in [6.45, 7) is 3.65. The molecular formula is C22H23F3N4O5. The number of alkyl halides is 3. The Balaban J connectivity index is 1.85. The van der Waals surface area contributed by atoms with Crippen LogP contribution in [-0.4, -0.2) is 42.1 Å². The van der Waals surface area contributed by atoms with Crippen LogP contribution in [0.15, 0.2) is 48.5 Å². The number of nitrogens with one attached hydrogen (secondary N) is 3. The van der Waals surface area contributed by atoms with Crippen LogP contribution in [0, 0.1) is 0 Å². The molecule has 0 aliphatic carbocycles. The predicted octanol–water partition coefficient (Wildman–Crippen LogP) is 2.51. The monoisotopic (exact) mass is 480 g/mol. The Kier molecular flexibility index (Phi) is 8.73. The highest BCUT2D eigenvalue weighted by Gasteiger charge is 2.41. The molecule has 0 radical (unpaired) electrons. The van der Waals surface area contributed by atoms with Crippen LogP contribution >= 0.6 is 0 Å². The summed E-state index contributed by atoms with van der Waals surface area (Å²) in [6, 6.07) is 8.92. The largest absolute Gasteiger partial charge is 0.491 e. The quantitative estimate of drug-likeness (QED) is 0.355. The molecule has 34 heavy (non-hydrogen) atoms. The molecule has 0 spiro atoms. The van der Waals surface area contributed by atoms with Gasteiger partial charge in [0.05, 0.1) is 6.04 Å². The third kappa shape index (κ3) is 8.20. The molecule has 2 rings (SSSR count). The summed E-state index contributed by atoms with van der Waals surface area (Å²) < 4.78 is 40.9. The van der Waals surface area contributed by atoms with Crippen molar-refractivity contribution in [3.63, 3.8) is 0 Å². The van der Waals surface area contributed by atoms with Gasteiger partial charge in [-0.3, -0.25) is 14.9 Å². The zero-order valence-electron chi connectivity index (χ0n) is 18.2. The first-order valence-electron chi connectivity index (χ1n) is 10.0. The molecule has 12 heteroatoms. The van der Waals surface area contributed by atoms with Crippen LogP contribution in [-0.2, 0) is 16.0 Å². The molecule has 182 valence electrons. The minimum absolute atomic E-state index is 0.0313. The molecule has 0 saturated carbocycles. The van der Waals surface area contributed by atoms with Gasteiger partial charge in [0, 0.05) is 17.3 Å². The molecule has 0 fully saturated rings. The van der Waals surface area contributed by atoms with Crippen LogP contribution in [0.25, 0.3) is 0 Å². The van der Waals surface area contributed by atoms with Gasteiger partial charge in [0.2, 0.25) is 5.91 Å². The minimum Gasteiger partial charge on any atom is -0.420 e. The van der Waals surface area contributed by atoms with E-state index < -0.39 is 30.1 Å². The number of carbonyl (C=O) groups excluding carboxylic acids is 4. The van der Waals surface area contributed by atoms with Crippen molar-refractivity contribution < 1.29 is 37.1 Å². The zero-order valence-corrected chi connectivity index (χ0v) is 18.2. The summed E-state index contributed by atoms with van der Waals surface area (Å²) in [5.74, 6) is -3.73. The van der Waals surface area contributed by atoms with E-state index in [1.165, 1.54) is 36.4 Å². The molecule has 1 atom stereocenters. The van der Waals surface area contributed by atoms with Crippen LogP contribution in [0.3, 0.4) is 0 Å². The lowest BCUT2D eigenvalue weighted by molar-refractivity contribution is -0.189. The van der Waals surface area contributed by atoms with Crippen molar-refractivity contribution >= 4 is 29.5 Å². The van der Waals surface area contributed by atoms with E-state index in [2.05, 4.69) is 20.7 Å². The Morgan fingerprint density at radius 2 is 1.56 bits per heavy atom. The van der Waals surface area contributed by atoms with Crippen molar-refractivity contribution in [3.8, 4) is 5.75 Å². The number of benzene rings is 2. The van der Waals surface area contributed by atoms with Crippen LogP contribution in [0.5, 0.6) is 5.75 Å². The fourth-order valence-electron chi connectivity index (χ4n) is 2.62. The Morgan fingerprint density at radius 3 is 2.09 bits per heavy atom. The number of imide groups is 1. The highest BCUT2D eigenvalue weighted by Crippen LogP contribution is 2.20. The predicted molar refractivity (Wildman–Crippen MR) is 116 cm³/mol. The van der Waals surface area contributed by atoms with E-state index in [9.17, 15) is 32.3 Å². The first kappa shape index (κ1) is 26.3. The van der Waals surface area contributed by atoms with Crippen molar-refractivity contribution in [1.82, 2.24) is 10.6 Å². The maximum Gasteiger partial charge on any atom is 0.491 e. The van der Waals surface area contributed by atoms with Crippen LogP contribution in [0.4, 0.5) is 23.7 Å². The highest BCUT2D eigenvalue weighted by molar-refractivity contribution is 6.03. The van der Waals surface area contributed by atoms with E-state index in [-0.39, 0.29) is 24.1 Å². The van der Waals surface area contributed by atoms with E-state index in [0.717, 1.165) is 12.1 Å². The third-order valence-electron chi connectivity index (χ3n) is 4.22. The fraction of sp³-hybridized carbons (Fsp3) is 0.273. The second-order valence-corrected chi connectivity index (χ2v) is 7.49. The molecule has 2 aromatic carbocycles. The van der Waals surface area contributed by atoms with Crippen LogP contribution in [0.1, 0.15) is 29.8 Å². The number of ether oxygens (including phenoxy) is 1. The van der Waals surface area contributed by atoms with E-state index >= 15 is 0 Å². The lowest BCUT2D eigenvalue weighted by atomic mass is 10.1. The fourth-order valence-corrected chi connectivity index (χ4v) is 2.62. The van der Waals surface area contributed by atoms with Crippen molar-refractivity contribution in [2.24, 2.45) is 5.73 Å². The topological polar surface area (TPSA) is 140 Å². The molecule has 0 aliphatic rings. The van der Waals surface area contributed by atoms with Gasteiger partial charge in [0.25, 0.3) is 5.91 Å². The molecular weight excluding hydrogens is 457 g/mol. The van der Waals surface area contributed by atoms with Gasteiger partial charge in [0.15, 0.2) is 0 Å². The Bertz CT molecular complexity index is 1040. The normalized spacial score (nSPS) is 12.0. The minimum atomic E-state index is -5.12. The lowest BCUT2D eigenvalue weighted by Gasteiger charge is -2.13. The summed E-state index contributed by atoms with van der Waals surface area (Å²) in [5, 5.41) is 7.25. The second kappa shape index (κ2) is 11.3. The smallest absolute Gasteiger partial charge is 0.420 e. The highest BCUT2D eigenvalue weighted by atomic mass is 19.4. The standard InChI is InChI=1S/C22H23F3N4O5/c1-12(2)27-18(30)14-5-7-15(8-6-14)28-21(33)29-19(31)17(26)11-13-3-9-16(10-4-13)34-20(32)22(23,24)25/h3-10,12,17H,11,26H2,1-2H3,(H,27,30)(H2,28,29,31,33)/t17-/m0/s1. The first-order valence-corrected chi connectivity index (χ1v) is 10.0. The zero-order chi connectivity index (χ0) is 25.5. The molecule has 4 amide bonds. The molecule has 0 aromatic heterocycles. The number of anilines is 1. The van der Waals surface area contributed by atoms with Gasteiger partial charge in [-0.15, -0.1) is 0 Å². The molecule has 0 unspecified atom stereocenters. The third-order valence-corrected chi connectivity index (χ3v) is 4.22.